The van der Waals surface area contributed by atoms with Crippen LogP contribution in [-0.2, 0) is 4.79 Å². The van der Waals surface area contributed by atoms with Gasteiger partial charge in [-0.05, 0) is 66.8 Å². The van der Waals surface area contributed by atoms with Crippen LogP contribution in [0.15, 0.2) is 71.9 Å². The summed E-state index contributed by atoms with van der Waals surface area (Å²) in [6.45, 7) is 2.57. The van der Waals surface area contributed by atoms with Crippen LogP contribution >= 0.6 is 0 Å². The normalized spacial score (nSPS) is 18.5. The summed E-state index contributed by atoms with van der Waals surface area (Å²) in [5.74, 6) is 2.57. The van der Waals surface area contributed by atoms with E-state index >= 15 is 0 Å². The third-order valence-corrected chi connectivity index (χ3v) is 6.99. The number of methoxy groups -OCH3 is 3. The predicted molar refractivity (Wildman–Crippen MR) is 144 cm³/mol. The highest BCUT2D eigenvalue weighted by Gasteiger charge is 2.36. The Kier molecular flexibility index (Phi) is 6.95. The van der Waals surface area contributed by atoms with Crippen molar-refractivity contribution in [2.45, 2.75) is 31.7 Å². The number of ketones is 1. The second-order valence-electron chi connectivity index (χ2n) is 9.13. The molecule has 0 aromatic heterocycles. The van der Waals surface area contributed by atoms with Gasteiger partial charge in [-0.3, -0.25) is 4.79 Å². The van der Waals surface area contributed by atoms with Crippen molar-refractivity contribution in [2.24, 2.45) is 0 Å². The average Bonchev–Trinajstić information content (AvgIpc) is 3.09. The zero-order valence-electron chi connectivity index (χ0n) is 21.6. The van der Waals surface area contributed by atoms with Gasteiger partial charge in [-0.25, -0.2) is 0 Å². The molecule has 2 N–H and O–H groups in total. The van der Waals surface area contributed by atoms with Gasteiger partial charge in [0.1, 0.15) is 5.75 Å². The van der Waals surface area contributed by atoms with Crippen LogP contribution in [0.25, 0.3) is 0 Å². The monoisotopic (exact) mass is 500 g/mol. The molecule has 0 radical (unpaired) electrons. The predicted octanol–water partition coefficient (Wildman–Crippen LogP) is 6.09. The van der Waals surface area contributed by atoms with Crippen LogP contribution in [0.2, 0.25) is 0 Å². The molecule has 1 heterocycles. The maximum atomic E-state index is 13.9. The van der Waals surface area contributed by atoms with E-state index in [2.05, 4.69) is 10.6 Å². The van der Waals surface area contributed by atoms with E-state index < -0.39 is 0 Å². The molecule has 5 rings (SSSR count). The van der Waals surface area contributed by atoms with Crippen LogP contribution in [0.5, 0.6) is 23.0 Å². The number of carbonyl (C=O) groups is 1. The number of anilines is 2. The topological polar surface area (TPSA) is 78.1 Å². The van der Waals surface area contributed by atoms with E-state index in [0.717, 1.165) is 39.5 Å². The summed E-state index contributed by atoms with van der Waals surface area (Å²) in [4.78, 5) is 13.9. The fraction of sp³-hybridized carbons (Fsp3) is 0.300. The first-order valence-corrected chi connectivity index (χ1v) is 12.5. The molecule has 0 fully saturated rings. The number of hydrogen-bond acceptors (Lipinski definition) is 7. The lowest BCUT2D eigenvalue weighted by Crippen LogP contribution is -2.27. The van der Waals surface area contributed by atoms with Crippen molar-refractivity contribution in [3.05, 3.63) is 83.1 Å². The van der Waals surface area contributed by atoms with Gasteiger partial charge < -0.3 is 29.6 Å². The van der Waals surface area contributed by atoms with Crippen molar-refractivity contribution in [1.29, 1.82) is 0 Å². The first-order valence-electron chi connectivity index (χ1n) is 12.5. The number of allylic oxidation sites excluding steroid dienone is 1. The van der Waals surface area contributed by atoms with Crippen LogP contribution in [0.4, 0.5) is 11.4 Å². The number of benzene rings is 3. The van der Waals surface area contributed by atoms with E-state index in [1.54, 1.807) is 21.3 Å². The molecule has 0 spiro atoms. The Morgan fingerprint density at radius 3 is 2.14 bits per heavy atom. The number of para-hydroxylation sites is 2. The Bertz CT molecular complexity index is 1310. The number of fused-ring (bicyclic) bond motifs is 1. The summed E-state index contributed by atoms with van der Waals surface area (Å²) in [6.07, 6.45) is 1.05. The maximum absolute atomic E-state index is 13.9. The van der Waals surface area contributed by atoms with Crippen molar-refractivity contribution < 1.29 is 23.7 Å². The lowest BCUT2D eigenvalue weighted by Gasteiger charge is -2.30. The van der Waals surface area contributed by atoms with Gasteiger partial charge in [0.05, 0.1) is 45.4 Å². The molecule has 7 heteroatoms. The summed E-state index contributed by atoms with van der Waals surface area (Å²) in [7, 11) is 4.79. The zero-order chi connectivity index (χ0) is 25.9. The molecule has 7 nitrogen and oxygen atoms in total. The molecule has 192 valence electrons. The fourth-order valence-electron chi connectivity index (χ4n) is 5.24. The Morgan fingerprint density at radius 2 is 1.51 bits per heavy atom. The first kappa shape index (κ1) is 24.6. The van der Waals surface area contributed by atoms with Crippen LogP contribution in [-0.4, -0.2) is 33.7 Å². The molecule has 3 aromatic carbocycles. The Hall–Kier alpha value is -4.13. The largest absolute Gasteiger partial charge is 0.494 e. The second-order valence-corrected chi connectivity index (χ2v) is 9.13. The number of ether oxygens (including phenoxy) is 4. The molecular formula is C30H32N2O5. The average molecular weight is 501 g/mol. The van der Waals surface area contributed by atoms with Gasteiger partial charge in [-0.15, -0.1) is 0 Å². The van der Waals surface area contributed by atoms with Gasteiger partial charge in [0, 0.05) is 17.7 Å². The SMILES string of the molecule is CCOc1ccc([C@@H]2Nc3ccccc3NC3=C2C(=O)C[C@@H](c2cc(OC)c(OC)c(OC)c2)C3)cc1. The lowest BCUT2D eigenvalue weighted by atomic mass is 9.78. The molecule has 1 aliphatic heterocycles. The van der Waals surface area contributed by atoms with E-state index in [1.807, 2.05) is 67.6 Å². The fourth-order valence-corrected chi connectivity index (χ4v) is 5.24. The van der Waals surface area contributed by atoms with Crippen molar-refractivity contribution in [3.8, 4) is 23.0 Å². The van der Waals surface area contributed by atoms with Gasteiger partial charge in [-0.2, -0.15) is 0 Å². The van der Waals surface area contributed by atoms with Gasteiger partial charge in [0.25, 0.3) is 0 Å². The Balaban J connectivity index is 1.57. The van der Waals surface area contributed by atoms with E-state index in [-0.39, 0.29) is 17.7 Å². The van der Waals surface area contributed by atoms with Crippen LogP contribution in [0, 0.1) is 0 Å². The minimum Gasteiger partial charge on any atom is -0.494 e. The highest BCUT2D eigenvalue weighted by molar-refractivity contribution is 6.01. The van der Waals surface area contributed by atoms with Gasteiger partial charge in [0.2, 0.25) is 5.75 Å². The molecule has 3 aromatic rings. The number of hydrogen-bond donors (Lipinski definition) is 2. The second kappa shape index (κ2) is 10.5. The molecule has 37 heavy (non-hydrogen) atoms. The van der Waals surface area contributed by atoms with Crippen molar-refractivity contribution in [2.75, 3.05) is 38.6 Å². The first-order chi connectivity index (χ1) is 18.1. The van der Waals surface area contributed by atoms with E-state index in [9.17, 15) is 4.79 Å². The number of Topliss-reactive ketones (excluding diaryl/α,β-unsaturated/α-hetero) is 1. The molecule has 0 amide bonds. The molecule has 0 bridgehead atoms. The number of rotatable bonds is 7. The van der Waals surface area contributed by atoms with Crippen molar-refractivity contribution >= 4 is 17.2 Å². The van der Waals surface area contributed by atoms with Gasteiger partial charge in [-0.1, -0.05) is 24.3 Å². The van der Waals surface area contributed by atoms with E-state index in [1.165, 1.54) is 0 Å². The lowest BCUT2D eigenvalue weighted by molar-refractivity contribution is -0.116. The molecule has 0 saturated carbocycles. The molecule has 2 atom stereocenters. The standard InChI is InChI=1S/C30H32N2O5/c1-5-37-21-12-10-18(11-13-21)29-28-24(31-22-8-6-7-9-23(22)32-29)14-19(15-25(28)33)20-16-26(34-2)30(36-4)27(17-20)35-3/h6-13,16-17,19,29,31-32H,5,14-15H2,1-4H3/t19-,29-/m0/s1. The third kappa shape index (κ3) is 4.69. The summed E-state index contributed by atoms with van der Waals surface area (Å²) in [6, 6.07) is 19.6. The molecule has 0 unspecified atom stereocenters. The Labute approximate surface area is 217 Å². The van der Waals surface area contributed by atoms with Crippen LogP contribution in [0.1, 0.15) is 42.9 Å². The summed E-state index contributed by atoms with van der Waals surface area (Å²) < 4.78 is 22.3. The Morgan fingerprint density at radius 1 is 0.838 bits per heavy atom. The molecule has 0 saturated heterocycles. The quantitative estimate of drug-likeness (QED) is 0.406. The summed E-state index contributed by atoms with van der Waals surface area (Å²) in [5.41, 5.74) is 5.57. The van der Waals surface area contributed by atoms with Crippen molar-refractivity contribution in [3.63, 3.8) is 0 Å². The van der Waals surface area contributed by atoms with Crippen LogP contribution < -0.4 is 29.6 Å². The molecular weight excluding hydrogens is 468 g/mol. The minimum absolute atomic E-state index is 0.0429. The molecule has 1 aliphatic carbocycles. The van der Waals surface area contributed by atoms with Crippen molar-refractivity contribution in [1.82, 2.24) is 0 Å². The summed E-state index contributed by atoms with van der Waals surface area (Å²) >= 11 is 0. The van der Waals surface area contributed by atoms with Gasteiger partial charge >= 0.3 is 0 Å². The number of nitrogens with one attached hydrogen (secondary N) is 2. The highest BCUT2D eigenvalue weighted by Crippen LogP contribution is 2.47. The number of carbonyl (C=O) groups excluding carboxylic acids is 1. The third-order valence-electron chi connectivity index (χ3n) is 6.99. The highest BCUT2D eigenvalue weighted by atomic mass is 16.5. The summed E-state index contributed by atoms with van der Waals surface area (Å²) in [5, 5.41) is 7.21. The smallest absolute Gasteiger partial charge is 0.203 e. The van der Waals surface area contributed by atoms with E-state index in [4.69, 9.17) is 18.9 Å². The molecule has 2 aliphatic rings. The maximum Gasteiger partial charge on any atom is 0.203 e. The zero-order valence-corrected chi connectivity index (χ0v) is 21.6. The van der Waals surface area contributed by atoms with Gasteiger partial charge in [0.15, 0.2) is 17.3 Å². The van der Waals surface area contributed by atoms with E-state index in [0.29, 0.717) is 36.7 Å². The minimum atomic E-state index is -0.282. The van der Waals surface area contributed by atoms with Crippen LogP contribution in [0.3, 0.4) is 0 Å².